The van der Waals surface area contributed by atoms with Crippen molar-refractivity contribution >= 4 is 11.9 Å². The number of amides is 1. The summed E-state index contributed by atoms with van der Waals surface area (Å²) in [5.74, 6) is 0.0629. The highest BCUT2D eigenvalue weighted by Gasteiger charge is 2.21. The van der Waals surface area contributed by atoms with Crippen LogP contribution >= 0.6 is 0 Å². The molecule has 0 aromatic heterocycles. The third kappa shape index (κ3) is 3.87. The number of ether oxygens (including phenoxy) is 2. The van der Waals surface area contributed by atoms with Crippen molar-refractivity contribution in [2.45, 2.75) is 26.3 Å². The molecule has 0 aliphatic carbocycles. The van der Waals surface area contributed by atoms with Gasteiger partial charge in [-0.25, -0.2) is 0 Å². The first kappa shape index (κ1) is 15.2. The zero-order chi connectivity index (χ0) is 15.4. The molecule has 6 nitrogen and oxygen atoms in total. The van der Waals surface area contributed by atoms with Gasteiger partial charge in [-0.15, -0.1) is 0 Å². The summed E-state index contributed by atoms with van der Waals surface area (Å²) in [7, 11) is 0. The van der Waals surface area contributed by atoms with Crippen molar-refractivity contribution in [3.8, 4) is 11.5 Å². The van der Waals surface area contributed by atoms with Gasteiger partial charge in [0.25, 0.3) is 0 Å². The van der Waals surface area contributed by atoms with Gasteiger partial charge in [0.05, 0.1) is 6.42 Å². The van der Waals surface area contributed by atoms with E-state index in [0.717, 1.165) is 5.56 Å². The number of carbonyl (C=O) groups is 2. The number of hydrogen-bond acceptors (Lipinski definition) is 4. The van der Waals surface area contributed by atoms with Gasteiger partial charge in [-0.1, -0.05) is 6.07 Å². The fourth-order valence-corrected chi connectivity index (χ4v) is 2.18. The van der Waals surface area contributed by atoms with Gasteiger partial charge in [0.1, 0.15) is 19.8 Å². The zero-order valence-electron chi connectivity index (χ0n) is 12.2. The van der Waals surface area contributed by atoms with Gasteiger partial charge < -0.3 is 19.5 Å². The predicted octanol–water partition coefficient (Wildman–Crippen LogP) is 1.32. The Morgan fingerprint density at radius 3 is 2.52 bits per heavy atom. The number of nitrogens with zero attached hydrogens (tertiary/aromatic N) is 1. The van der Waals surface area contributed by atoms with E-state index in [2.05, 4.69) is 0 Å². The molecule has 1 N–H and O–H groups in total. The van der Waals surface area contributed by atoms with E-state index in [-0.39, 0.29) is 24.9 Å². The van der Waals surface area contributed by atoms with E-state index in [1.165, 1.54) is 4.90 Å². The number of rotatable bonds is 5. The molecule has 1 aliphatic heterocycles. The summed E-state index contributed by atoms with van der Waals surface area (Å²) in [6.45, 7) is 4.31. The first-order valence-corrected chi connectivity index (χ1v) is 6.87. The molecule has 0 radical (unpaired) electrons. The maximum absolute atomic E-state index is 12.2. The highest BCUT2D eigenvalue weighted by Crippen LogP contribution is 2.31. The van der Waals surface area contributed by atoms with Gasteiger partial charge in [-0.05, 0) is 31.5 Å². The first-order valence-electron chi connectivity index (χ1n) is 6.87. The molecule has 1 heterocycles. The largest absolute Gasteiger partial charge is 0.486 e. The van der Waals surface area contributed by atoms with Crippen LogP contribution in [0.5, 0.6) is 11.5 Å². The van der Waals surface area contributed by atoms with Gasteiger partial charge in [0.2, 0.25) is 5.91 Å². The summed E-state index contributed by atoms with van der Waals surface area (Å²) in [5, 5.41) is 8.88. The molecule has 0 fully saturated rings. The van der Waals surface area contributed by atoms with Crippen LogP contribution in [0.25, 0.3) is 0 Å². The highest BCUT2D eigenvalue weighted by molar-refractivity contribution is 5.83. The molecule has 0 unspecified atom stereocenters. The maximum Gasteiger partial charge on any atom is 0.323 e. The van der Waals surface area contributed by atoms with Gasteiger partial charge in [-0.3, -0.25) is 9.59 Å². The van der Waals surface area contributed by atoms with Gasteiger partial charge in [0, 0.05) is 6.04 Å². The molecule has 0 saturated heterocycles. The van der Waals surface area contributed by atoms with Crippen molar-refractivity contribution < 1.29 is 24.2 Å². The Bertz CT molecular complexity index is 541. The second-order valence-corrected chi connectivity index (χ2v) is 5.16. The maximum atomic E-state index is 12.2. The van der Waals surface area contributed by atoms with Crippen LogP contribution in [0.3, 0.4) is 0 Å². The standard InChI is InChI=1S/C15H19NO5/c1-10(2)16(9-15(18)19)14(17)8-11-3-4-12-13(7-11)21-6-5-20-12/h3-4,7,10H,5-6,8-9H2,1-2H3,(H,18,19). The lowest BCUT2D eigenvalue weighted by atomic mass is 10.1. The lowest BCUT2D eigenvalue weighted by molar-refractivity contribution is -0.145. The first-order chi connectivity index (χ1) is 9.97. The third-order valence-corrected chi connectivity index (χ3v) is 3.21. The van der Waals surface area contributed by atoms with Crippen molar-refractivity contribution in [3.63, 3.8) is 0 Å². The topological polar surface area (TPSA) is 76.1 Å². The molecule has 0 spiro atoms. The number of carboxylic acids is 1. The Labute approximate surface area is 123 Å². The quantitative estimate of drug-likeness (QED) is 0.886. The number of aliphatic carboxylic acids is 1. The van der Waals surface area contributed by atoms with Crippen molar-refractivity contribution in [2.24, 2.45) is 0 Å². The summed E-state index contributed by atoms with van der Waals surface area (Å²) in [6.07, 6.45) is 0.141. The fourth-order valence-electron chi connectivity index (χ4n) is 2.18. The van der Waals surface area contributed by atoms with E-state index in [4.69, 9.17) is 14.6 Å². The molecule has 1 aliphatic rings. The Hall–Kier alpha value is -2.24. The molecule has 2 rings (SSSR count). The molecule has 114 valence electrons. The van der Waals surface area contributed by atoms with E-state index in [0.29, 0.717) is 24.7 Å². The average Bonchev–Trinajstić information content (AvgIpc) is 2.44. The molecule has 1 amide bonds. The number of carbonyl (C=O) groups excluding carboxylic acids is 1. The summed E-state index contributed by atoms with van der Waals surface area (Å²) in [6, 6.07) is 5.18. The molecular weight excluding hydrogens is 274 g/mol. The Balaban J connectivity index is 2.09. The lowest BCUT2D eigenvalue weighted by Crippen LogP contribution is -2.41. The van der Waals surface area contributed by atoms with Crippen LogP contribution in [0.2, 0.25) is 0 Å². The van der Waals surface area contributed by atoms with E-state index >= 15 is 0 Å². The van der Waals surface area contributed by atoms with Crippen molar-refractivity contribution in [1.29, 1.82) is 0 Å². The molecule has 1 aromatic carbocycles. The van der Waals surface area contributed by atoms with Crippen LogP contribution in [0, 0.1) is 0 Å². The number of benzene rings is 1. The minimum atomic E-state index is -1.01. The Morgan fingerprint density at radius 1 is 1.24 bits per heavy atom. The monoisotopic (exact) mass is 293 g/mol. The molecule has 6 heteroatoms. The van der Waals surface area contributed by atoms with Gasteiger partial charge in [-0.2, -0.15) is 0 Å². The predicted molar refractivity (Wildman–Crippen MR) is 75.6 cm³/mol. The average molecular weight is 293 g/mol. The van der Waals surface area contributed by atoms with Crippen LogP contribution in [0.4, 0.5) is 0 Å². The van der Waals surface area contributed by atoms with E-state index < -0.39 is 5.97 Å². The number of carboxylic acid groups (broad SMARTS) is 1. The molecule has 0 atom stereocenters. The lowest BCUT2D eigenvalue weighted by Gasteiger charge is -2.25. The van der Waals surface area contributed by atoms with Crippen molar-refractivity contribution in [1.82, 2.24) is 4.90 Å². The van der Waals surface area contributed by atoms with Crippen molar-refractivity contribution in [2.75, 3.05) is 19.8 Å². The smallest absolute Gasteiger partial charge is 0.323 e. The van der Waals surface area contributed by atoms with Crippen LogP contribution in [-0.4, -0.2) is 47.7 Å². The van der Waals surface area contributed by atoms with Crippen molar-refractivity contribution in [3.05, 3.63) is 23.8 Å². The minimum absolute atomic E-state index is 0.141. The van der Waals surface area contributed by atoms with Gasteiger partial charge >= 0.3 is 5.97 Å². The summed E-state index contributed by atoms with van der Waals surface area (Å²) >= 11 is 0. The van der Waals surface area contributed by atoms with E-state index in [1.54, 1.807) is 32.0 Å². The Kier molecular flexibility index (Phi) is 4.67. The zero-order valence-corrected chi connectivity index (χ0v) is 12.2. The Morgan fingerprint density at radius 2 is 1.90 bits per heavy atom. The second-order valence-electron chi connectivity index (χ2n) is 5.16. The highest BCUT2D eigenvalue weighted by atomic mass is 16.6. The van der Waals surface area contributed by atoms with E-state index in [9.17, 15) is 9.59 Å². The van der Waals surface area contributed by atoms with Crippen LogP contribution < -0.4 is 9.47 Å². The summed E-state index contributed by atoms with van der Waals surface area (Å²) in [5.41, 5.74) is 0.778. The van der Waals surface area contributed by atoms with Gasteiger partial charge in [0.15, 0.2) is 11.5 Å². The third-order valence-electron chi connectivity index (χ3n) is 3.21. The fraction of sp³-hybridized carbons (Fsp3) is 0.467. The minimum Gasteiger partial charge on any atom is -0.486 e. The molecular formula is C15H19NO5. The summed E-state index contributed by atoms with van der Waals surface area (Å²) < 4.78 is 10.9. The van der Waals surface area contributed by atoms with E-state index in [1.807, 2.05) is 0 Å². The van der Waals surface area contributed by atoms with Crippen LogP contribution in [0.1, 0.15) is 19.4 Å². The van der Waals surface area contributed by atoms with Crippen LogP contribution in [-0.2, 0) is 16.0 Å². The normalized spacial score (nSPS) is 13.1. The molecule has 0 bridgehead atoms. The molecule has 1 aromatic rings. The second kappa shape index (κ2) is 6.47. The SMILES string of the molecule is CC(C)N(CC(=O)O)C(=O)Cc1ccc2c(c1)OCCO2. The number of hydrogen-bond donors (Lipinski definition) is 1. The number of fused-ring (bicyclic) bond motifs is 1. The molecule has 0 saturated carbocycles. The van der Waals surface area contributed by atoms with Crippen LogP contribution in [0.15, 0.2) is 18.2 Å². The summed E-state index contributed by atoms with van der Waals surface area (Å²) in [4.78, 5) is 24.4. The molecule has 21 heavy (non-hydrogen) atoms.